The largest absolute Gasteiger partial charge is 0.481 e. The molecule has 29 heavy (non-hydrogen) atoms. The van der Waals surface area contributed by atoms with E-state index < -0.39 is 18.2 Å². The molecule has 0 aliphatic carbocycles. The molecule has 0 aromatic heterocycles. The molecule has 0 spiro atoms. The molecule has 0 aliphatic heterocycles. The first kappa shape index (κ1) is 28.4. The Labute approximate surface area is 179 Å². The summed E-state index contributed by atoms with van der Waals surface area (Å²) >= 11 is 0. The average molecular weight is 417 g/mol. The number of hydrogen-bond acceptors (Lipinski definition) is 4. The predicted octanol–water partition coefficient (Wildman–Crippen LogP) is 5.71. The van der Waals surface area contributed by atoms with Gasteiger partial charge in [0.1, 0.15) is 6.10 Å². The Bertz CT molecular complexity index is 361. The Hall–Kier alpha value is -0.650. The Kier molecular flexibility index (Phi) is 20.2. The van der Waals surface area contributed by atoms with Crippen molar-refractivity contribution in [2.45, 2.75) is 129 Å². The quantitative estimate of drug-likeness (QED) is 0.197. The smallest absolute Gasteiger partial charge is 0.303 e. The number of carboxylic acids is 1. The van der Waals surface area contributed by atoms with Crippen LogP contribution >= 0.6 is 0 Å². The Morgan fingerprint density at radius 1 is 0.828 bits per heavy atom. The van der Waals surface area contributed by atoms with Crippen LogP contribution in [0.25, 0.3) is 0 Å². The SMILES string of the molecule is CCCCCCCCCCCCCCC(C)C(O)[C@H](CO)OCCCCC(=O)O. The van der Waals surface area contributed by atoms with Crippen LogP contribution in [0.3, 0.4) is 0 Å². The Balaban J connectivity index is 3.63. The van der Waals surface area contributed by atoms with Crippen LogP contribution in [0, 0.1) is 5.92 Å². The van der Waals surface area contributed by atoms with Crippen molar-refractivity contribution < 1.29 is 24.9 Å². The van der Waals surface area contributed by atoms with Crippen molar-refractivity contribution in [1.29, 1.82) is 0 Å². The normalized spacial score (nSPS) is 14.6. The van der Waals surface area contributed by atoms with Gasteiger partial charge in [0.2, 0.25) is 0 Å². The second-order valence-corrected chi connectivity index (χ2v) is 8.59. The van der Waals surface area contributed by atoms with Crippen molar-refractivity contribution in [3.63, 3.8) is 0 Å². The zero-order chi connectivity index (χ0) is 21.7. The van der Waals surface area contributed by atoms with E-state index in [4.69, 9.17) is 9.84 Å². The van der Waals surface area contributed by atoms with Crippen molar-refractivity contribution >= 4 is 5.97 Å². The predicted molar refractivity (Wildman–Crippen MR) is 119 cm³/mol. The van der Waals surface area contributed by atoms with E-state index in [9.17, 15) is 15.0 Å². The van der Waals surface area contributed by atoms with Gasteiger partial charge in [-0.2, -0.15) is 0 Å². The van der Waals surface area contributed by atoms with Crippen LogP contribution in [0.1, 0.15) is 117 Å². The zero-order valence-corrected chi connectivity index (χ0v) is 19.1. The van der Waals surface area contributed by atoms with Crippen LogP contribution in [0.5, 0.6) is 0 Å². The molecule has 3 atom stereocenters. The zero-order valence-electron chi connectivity index (χ0n) is 19.1. The maximum Gasteiger partial charge on any atom is 0.303 e. The molecule has 0 bridgehead atoms. The van der Waals surface area contributed by atoms with E-state index in [0.29, 0.717) is 19.4 Å². The molecule has 174 valence electrons. The van der Waals surface area contributed by atoms with Crippen LogP contribution in [0.15, 0.2) is 0 Å². The standard InChI is InChI=1S/C24H48O5/c1-3-4-5-6-7-8-9-10-11-12-13-14-17-21(2)24(28)22(20-25)29-19-16-15-18-23(26)27/h21-22,24-25,28H,3-20H2,1-2H3,(H,26,27)/t21?,22-,24?/m0/s1. The van der Waals surface area contributed by atoms with E-state index >= 15 is 0 Å². The van der Waals surface area contributed by atoms with Crippen molar-refractivity contribution in [2.75, 3.05) is 13.2 Å². The van der Waals surface area contributed by atoms with Crippen molar-refractivity contribution in [1.82, 2.24) is 0 Å². The lowest BCUT2D eigenvalue weighted by molar-refractivity contribution is -0.137. The summed E-state index contributed by atoms with van der Waals surface area (Å²) in [6.07, 6.45) is 16.9. The van der Waals surface area contributed by atoms with Crippen LogP contribution in [-0.2, 0) is 9.53 Å². The number of carboxylic acid groups (broad SMARTS) is 1. The molecule has 0 amide bonds. The summed E-state index contributed by atoms with van der Waals surface area (Å²) in [6, 6.07) is 0. The number of hydrogen-bond donors (Lipinski definition) is 3. The highest BCUT2D eigenvalue weighted by Crippen LogP contribution is 2.19. The fourth-order valence-corrected chi connectivity index (χ4v) is 3.72. The minimum absolute atomic E-state index is 0.0919. The topological polar surface area (TPSA) is 87.0 Å². The van der Waals surface area contributed by atoms with Gasteiger partial charge < -0.3 is 20.1 Å². The van der Waals surface area contributed by atoms with Gasteiger partial charge in [-0.3, -0.25) is 4.79 Å². The maximum atomic E-state index is 10.5. The number of aliphatic hydroxyl groups is 2. The fraction of sp³-hybridized carbons (Fsp3) is 0.958. The second kappa shape index (κ2) is 20.6. The van der Waals surface area contributed by atoms with Gasteiger partial charge in [-0.15, -0.1) is 0 Å². The van der Waals surface area contributed by atoms with E-state index in [0.717, 1.165) is 12.8 Å². The van der Waals surface area contributed by atoms with Crippen LogP contribution in [0.4, 0.5) is 0 Å². The van der Waals surface area contributed by atoms with E-state index in [1.165, 1.54) is 70.6 Å². The third kappa shape index (κ3) is 17.9. The van der Waals surface area contributed by atoms with E-state index in [2.05, 4.69) is 6.92 Å². The third-order valence-corrected chi connectivity index (χ3v) is 5.77. The summed E-state index contributed by atoms with van der Waals surface area (Å²) in [5, 5.41) is 28.5. The van der Waals surface area contributed by atoms with Gasteiger partial charge >= 0.3 is 5.97 Å². The van der Waals surface area contributed by atoms with Gasteiger partial charge in [-0.1, -0.05) is 90.9 Å². The summed E-state index contributed by atoms with van der Waals surface area (Å²) in [5.74, 6) is -0.714. The molecule has 0 aliphatic rings. The molecule has 0 heterocycles. The number of ether oxygens (including phenoxy) is 1. The van der Waals surface area contributed by atoms with E-state index in [1.807, 2.05) is 6.92 Å². The molecule has 5 nitrogen and oxygen atoms in total. The lowest BCUT2D eigenvalue weighted by Gasteiger charge is -2.26. The van der Waals surface area contributed by atoms with Crippen molar-refractivity contribution in [2.24, 2.45) is 5.92 Å². The minimum atomic E-state index is -0.806. The highest BCUT2D eigenvalue weighted by atomic mass is 16.5. The first-order chi connectivity index (χ1) is 14.0. The Morgan fingerprint density at radius 3 is 1.83 bits per heavy atom. The monoisotopic (exact) mass is 416 g/mol. The third-order valence-electron chi connectivity index (χ3n) is 5.77. The highest BCUT2D eigenvalue weighted by molar-refractivity contribution is 5.66. The van der Waals surface area contributed by atoms with E-state index in [-0.39, 0.29) is 18.9 Å². The van der Waals surface area contributed by atoms with Crippen LogP contribution < -0.4 is 0 Å². The molecule has 0 radical (unpaired) electrons. The molecule has 0 aromatic carbocycles. The van der Waals surface area contributed by atoms with E-state index in [1.54, 1.807) is 0 Å². The number of aliphatic hydroxyl groups excluding tert-OH is 2. The first-order valence-corrected chi connectivity index (χ1v) is 12.1. The average Bonchev–Trinajstić information content (AvgIpc) is 2.70. The molecule has 0 fully saturated rings. The lowest BCUT2D eigenvalue weighted by atomic mass is 9.93. The maximum absolute atomic E-state index is 10.5. The van der Waals surface area contributed by atoms with Gasteiger partial charge in [0.25, 0.3) is 0 Å². The van der Waals surface area contributed by atoms with Gasteiger partial charge in [-0.05, 0) is 25.2 Å². The molecule has 3 N–H and O–H groups in total. The summed E-state index contributed by atoms with van der Waals surface area (Å²) in [7, 11) is 0. The molecule has 2 unspecified atom stereocenters. The van der Waals surface area contributed by atoms with Gasteiger partial charge in [-0.25, -0.2) is 0 Å². The summed E-state index contributed by atoms with van der Waals surface area (Å²) in [6.45, 7) is 4.44. The first-order valence-electron chi connectivity index (χ1n) is 12.1. The molecule has 0 saturated heterocycles. The minimum Gasteiger partial charge on any atom is -0.481 e. The molecule has 0 saturated carbocycles. The number of unbranched alkanes of at least 4 members (excludes halogenated alkanes) is 12. The summed E-state index contributed by atoms with van der Waals surface area (Å²) in [5.41, 5.74) is 0. The molecular weight excluding hydrogens is 368 g/mol. The molecular formula is C24H48O5. The fourth-order valence-electron chi connectivity index (χ4n) is 3.72. The van der Waals surface area contributed by atoms with Crippen LogP contribution in [-0.4, -0.2) is 46.7 Å². The highest BCUT2D eigenvalue weighted by Gasteiger charge is 2.24. The molecule has 0 aromatic rings. The van der Waals surface area contributed by atoms with Crippen molar-refractivity contribution in [3.05, 3.63) is 0 Å². The summed E-state index contributed by atoms with van der Waals surface area (Å²) < 4.78 is 5.58. The number of carbonyl (C=O) groups is 1. The van der Waals surface area contributed by atoms with Crippen LogP contribution in [0.2, 0.25) is 0 Å². The number of aliphatic carboxylic acids is 1. The Morgan fingerprint density at radius 2 is 1.34 bits per heavy atom. The second-order valence-electron chi connectivity index (χ2n) is 8.59. The summed E-state index contributed by atoms with van der Waals surface area (Å²) in [4.78, 5) is 10.5. The lowest BCUT2D eigenvalue weighted by Crippen LogP contribution is -2.37. The van der Waals surface area contributed by atoms with Crippen molar-refractivity contribution in [3.8, 4) is 0 Å². The molecule has 5 heteroatoms. The van der Waals surface area contributed by atoms with Gasteiger partial charge in [0.05, 0.1) is 12.7 Å². The van der Waals surface area contributed by atoms with Gasteiger partial charge in [0.15, 0.2) is 0 Å². The van der Waals surface area contributed by atoms with Gasteiger partial charge in [0, 0.05) is 13.0 Å². The molecule has 0 rings (SSSR count). The number of rotatable bonds is 22.